The van der Waals surface area contributed by atoms with Crippen molar-refractivity contribution in [2.75, 3.05) is 47.5 Å². The highest BCUT2D eigenvalue weighted by atomic mass is 16.5. The smallest absolute Gasteiger partial charge is 0.276 e. The summed E-state index contributed by atoms with van der Waals surface area (Å²) in [5.74, 6) is 1.35. The summed E-state index contributed by atoms with van der Waals surface area (Å²) in [6.07, 6.45) is 3.56. The minimum atomic E-state index is -0.117. The number of nitrogens with zero attached hydrogens (tertiary/aromatic N) is 5. The molecular formula is C23H33N5O5. The second kappa shape index (κ2) is 11.0. The number of amides is 2. The highest BCUT2D eigenvalue weighted by Gasteiger charge is 2.27. The molecule has 180 valence electrons. The van der Waals surface area contributed by atoms with Crippen LogP contribution in [0.15, 0.2) is 18.3 Å². The van der Waals surface area contributed by atoms with Crippen molar-refractivity contribution in [2.45, 2.75) is 33.2 Å². The minimum absolute atomic E-state index is 0.0880. The molecule has 1 aromatic carbocycles. The van der Waals surface area contributed by atoms with Crippen LogP contribution < -0.4 is 14.2 Å². The molecule has 1 aliphatic rings. The Balaban J connectivity index is 1.70. The third-order valence-corrected chi connectivity index (χ3v) is 5.97. The molecule has 2 aromatic rings. The van der Waals surface area contributed by atoms with Gasteiger partial charge in [-0.2, -0.15) is 0 Å². The Kier molecular flexibility index (Phi) is 8.13. The van der Waals surface area contributed by atoms with Crippen LogP contribution in [0.2, 0.25) is 0 Å². The second-order valence-corrected chi connectivity index (χ2v) is 7.98. The Labute approximate surface area is 194 Å². The number of piperidine rings is 1. The molecule has 1 unspecified atom stereocenters. The van der Waals surface area contributed by atoms with Gasteiger partial charge >= 0.3 is 0 Å². The van der Waals surface area contributed by atoms with Gasteiger partial charge in [-0.1, -0.05) is 5.21 Å². The molecular weight excluding hydrogens is 426 g/mol. The van der Waals surface area contributed by atoms with Crippen LogP contribution in [-0.4, -0.2) is 84.1 Å². The van der Waals surface area contributed by atoms with Gasteiger partial charge < -0.3 is 24.0 Å². The molecule has 0 spiro atoms. The second-order valence-electron chi connectivity index (χ2n) is 7.98. The quantitative estimate of drug-likeness (QED) is 0.567. The number of rotatable bonds is 9. The molecule has 1 atom stereocenters. The van der Waals surface area contributed by atoms with E-state index in [2.05, 4.69) is 10.3 Å². The van der Waals surface area contributed by atoms with Gasteiger partial charge in [0.2, 0.25) is 5.75 Å². The third-order valence-electron chi connectivity index (χ3n) is 5.97. The lowest BCUT2D eigenvalue weighted by atomic mass is 9.97. The predicted octanol–water partition coefficient (Wildman–Crippen LogP) is 2.34. The topological polar surface area (TPSA) is 99.0 Å². The van der Waals surface area contributed by atoms with Crippen LogP contribution >= 0.6 is 0 Å². The van der Waals surface area contributed by atoms with Crippen LogP contribution in [0.4, 0.5) is 0 Å². The Bertz CT molecular complexity index is 947. The predicted molar refractivity (Wildman–Crippen MR) is 122 cm³/mol. The number of hydrogen-bond donors (Lipinski definition) is 0. The third kappa shape index (κ3) is 5.37. The zero-order valence-electron chi connectivity index (χ0n) is 20.0. The lowest BCUT2D eigenvalue weighted by Crippen LogP contribution is -2.41. The Morgan fingerprint density at radius 2 is 1.76 bits per heavy atom. The first-order valence-corrected chi connectivity index (χ1v) is 11.2. The lowest BCUT2D eigenvalue weighted by Gasteiger charge is -2.33. The van der Waals surface area contributed by atoms with E-state index in [9.17, 15) is 9.59 Å². The number of aromatic nitrogens is 3. The summed E-state index contributed by atoms with van der Waals surface area (Å²) in [6.45, 7) is 6.99. The minimum Gasteiger partial charge on any atom is -0.493 e. The lowest BCUT2D eigenvalue weighted by molar-refractivity contribution is 0.0658. The van der Waals surface area contributed by atoms with Crippen LogP contribution in [0.5, 0.6) is 17.2 Å². The van der Waals surface area contributed by atoms with E-state index in [-0.39, 0.29) is 17.7 Å². The van der Waals surface area contributed by atoms with E-state index in [1.807, 2.05) is 18.7 Å². The van der Waals surface area contributed by atoms with E-state index in [0.29, 0.717) is 61.2 Å². The molecule has 1 aliphatic heterocycles. The number of hydrogen-bond acceptors (Lipinski definition) is 7. The number of benzene rings is 1. The van der Waals surface area contributed by atoms with E-state index in [1.54, 1.807) is 27.9 Å². The fourth-order valence-electron chi connectivity index (χ4n) is 4.21. The first-order valence-electron chi connectivity index (χ1n) is 11.2. The van der Waals surface area contributed by atoms with Crippen molar-refractivity contribution in [3.8, 4) is 17.2 Å². The molecule has 10 heteroatoms. The number of carbonyl (C=O) groups is 2. The summed E-state index contributed by atoms with van der Waals surface area (Å²) in [4.78, 5) is 29.3. The zero-order valence-corrected chi connectivity index (χ0v) is 20.0. The van der Waals surface area contributed by atoms with Crippen molar-refractivity contribution in [3.63, 3.8) is 0 Å². The van der Waals surface area contributed by atoms with E-state index < -0.39 is 0 Å². The van der Waals surface area contributed by atoms with Gasteiger partial charge in [0.25, 0.3) is 11.8 Å². The largest absolute Gasteiger partial charge is 0.493 e. The van der Waals surface area contributed by atoms with Gasteiger partial charge in [0.15, 0.2) is 17.2 Å². The Morgan fingerprint density at radius 1 is 1.09 bits per heavy atom. The highest BCUT2D eigenvalue weighted by Crippen LogP contribution is 2.38. The van der Waals surface area contributed by atoms with Crippen LogP contribution in [-0.2, 0) is 6.54 Å². The van der Waals surface area contributed by atoms with Gasteiger partial charge in [-0.25, -0.2) is 0 Å². The first kappa shape index (κ1) is 24.3. The van der Waals surface area contributed by atoms with Gasteiger partial charge in [-0.15, -0.1) is 5.10 Å². The van der Waals surface area contributed by atoms with Crippen LogP contribution in [0.25, 0.3) is 0 Å². The van der Waals surface area contributed by atoms with E-state index in [1.165, 1.54) is 21.3 Å². The Hall–Kier alpha value is -3.30. The summed E-state index contributed by atoms with van der Waals surface area (Å²) in [5, 5.41) is 8.20. The van der Waals surface area contributed by atoms with Gasteiger partial charge in [0, 0.05) is 38.3 Å². The van der Waals surface area contributed by atoms with Crippen LogP contribution in [0.1, 0.15) is 47.5 Å². The van der Waals surface area contributed by atoms with Crippen LogP contribution in [0, 0.1) is 5.92 Å². The zero-order chi connectivity index (χ0) is 24.0. The molecule has 0 aliphatic carbocycles. The Morgan fingerprint density at radius 3 is 2.33 bits per heavy atom. The van der Waals surface area contributed by atoms with Gasteiger partial charge in [0.05, 0.1) is 27.5 Å². The first-order chi connectivity index (χ1) is 15.9. The van der Waals surface area contributed by atoms with Crippen molar-refractivity contribution in [2.24, 2.45) is 5.92 Å². The van der Waals surface area contributed by atoms with E-state index in [4.69, 9.17) is 14.2 Å². The monoisotopic (exact) mass is 459 g/mol. The standard InChI is InChI=1S/C23H33N5O5/c1-6-26(7-2)23(30)18-15-28(25-24-18)14-16-9-8-10-27(13-16)22(29)17-11-19(31-3)21(33-5)20(12-17)32-4/h11-12,15-16H,6-10,13-14H2,1-5H3. The highest BCUT2D eigenvalue weighted by molar-refractivity contribution is 5.95. The normalized spacial score (nSPS) is 15.8. The molecule has 2 heterocycles. The maximum atomic E-state index is 13.3. The van der Waals surface area contributed by atoms with Gasteiger partial charge in [-0.3, -0.25) is 14.3 Å². The SMILES string of the molecule is CCN(CC)C(=O)c1cn(CC2CCCN(C(=O)c3cc(OC)c(OC)c(OC)c3)C2)nn1. The van der Waals surface area contributed by atoms with E-state index in [0.717, 1.165) is 12.8 Å². The molecule has 0 radical (unpaired) electrons. The molecule has 33 heavy (non-hydrogen) atoms. The maximum absolute atomic E-state index is 13.3. The van der Waals surface area contributed by atoms with Crippen molar-refractivity contribution < 1.29 is 23.8 Å². The van der Waals surface area contributed by atoms with Crippen molar-refractivity contribution >= 4 is 11.8 Å². The molecule has 1 fully saturated rings. The molecule has 2 amide bonds. The van der Waals surface area contributed by atoms with Crippen LogP contribution in [0.3, 0.4) is 0 Å². The number of carbonyl (C=O) groups excluding carboxylic acids is 2. The van der Waals surface area contributed by atoms with E-state index >= 15 is 0 Å². The summed E-state index contributed by atoms with van der Waals surface area (Å²) in [7, 11) is 4.59. The van der Waals surface area contributed by atoms with Crippen molar-refractivity contribution in [1.82, 2.24) is 24.8 Å². The number of ether oxygens (including phenoxy) is 3. The summed E-state index contributed by atoms with van der Waals surface area (Å²) in [6, 6.07) is 3.35. The molecule has 0 saturated carbocycles. The average molecular weight is 460 g/mol. The molecule has 0 bridgehead atoms. The molecule has 1 saturated heterocycles. The van der Waals surface area contributed by atoms with Crippen molar-refractivity contribution in [3.05, 3.63) is 29.6 Å². The fraction of sp³-hybridized carbons (Fsp3) is 0.565. The van der Waals surface area contributed by atoms with Gasteiger partial charge in [-0.05, 0) is 44.7 Å². The molecule has 10 nitrogen and oxygen atoms in total. The number of likely N-dealkylation sites (tertiary alicyclic amines) is 1. The summed E-state index contributed by atoms with van der Waals surface area (Å²) >= 11 is 0. The van der Waals surface area contributed by atoms with Crippen molar-refractivity contribution in [1.29, 1.82) is 0 Å². The fourth-order valence-corrected chi connectivity index (χ4v) is 4.21. The molecule has 3 rings (SSSR count). The summed E-state index contributed by atoms with van der Waals surface area (Å²) in [5.41, 5.74) is 0.831. The average Bonchev–Trinajstić information content (AvgIpc) is 3.31. The van der Waals surface area contributed by atoms with Gasteiger partial charge in [0.1, 0.15) is 0 Å². The maximum Gasteiger partial charge on any atom is 0.276 e. The molecule has 1 aromatic heterocycles. The summed E-state index contributed by atoms with van der Waals surface area (Å²) < 4.78 is 17.8. The number of methoxy groups -OCH3 is 3. The molecule has 0 N–H and O–H groups in total.